The van der Waals surface area contributed by atoms with Crippen molar-refractivity contribution in [3.8, 4) is 0 Å². The molecule has 1 aliphatic heterocycles. The number of methoxy groups -OCH3 is 1. The molecule has 4 heteroatoms. The topological polar surface area (TPSA) is 55.6 Å². The molecule has 15 heavy (non-hydrogen) atoms. The third kappa shape index (κ3) is 2.92. The van der Waals surface area contributed by atoms with Gasteiger partial charge >= 0.3 is 5.97 Å². The van der Waals surface area contributed by atoms with Crippen molar-refractivity contribution in [1.29, 1.82) is 0 Å². The van der Waals surface area contributed by atoms with Crippen molar-refractivity contribution in [2.24, 2.45) is 17.6 Å². The number of carbonyl (C=O) groups is 1. The summed E-state index contributed by atoms with van der Waals surface area (Å²) in [5.74, 6) is 0.0803. The van der Waals surface area contributed by atoms with Crippen LogP contribution in [0.4, 0.5) is 0 Å². The molecular formula is C11H22N2O2. The fraction of sp³-hybridized carbons (Fsp3) is 0.909. The second-order valence-electron chi connectivity index (χ2n) is 4.50. The summed E-state index contributed by atoms with van der Waals surface area (Å²) in [5.41, 5.74) is 5.63. The van der Waals surface area contributed by atoms with Crippen LogP contribution in [-0.2, 0) is 9.53 Å². The molecule has 1 rings (SSSR count). The summed E-state index contributed by atoms with van der Waals surface area (Å²) in [6.45, 7) is 6.78. The van der Waals surface area contributed by atoms with Gasteiger partial charge in [0.1, 0.15) is 0 Å². The summed E-state index contributed by atoms with van der Waals surface area (Å²) in [6, 6.07) is 0.547. The maximum absolute atomic E-state index is 11.5. The Labute approximate surface area is 91.8 Å². The number of likely N-dealkylation sites (tertiary alicyclic amines) is 1. The van der Waals surface area contributed by atoms with E-state index in [1.54, 1.807) is 0 Å². The summed E-state index contributed by atoms with van der Waals surface area (Å²) < 4.78 is 4.77. The Morgan fingerprint density at radius 3 is 2.67 bits per heavy atom. The summed E-state index contributed by atoms with van der Waals surface area (Å²) >= 11 is 0. The molecule has 2 atom stereocenters. The summed E-state index contributed by atoms with van der Waals surface area (Å²) in [6.07, 6.45) is 1.05. The van der Waals surface area contributed by atoms with Crippen molar-refractivity contribution in [1.82, 2.24) is 4.90 Å². The molecule has 4 nitrogen and oxygen atoms in total. The van der Waals surface area contributed by atoms with Crippen LogP contribution in [-0.4, -0.2) is 43.7 Å². The molecule has 0 aromatic heterocycles. The van der Waals surface area contributed by atoms with Crippen LogP contribution in [0.3, 0.4) is 0 Å². The Kier molecular flexibility index (Phi) is 4.54. The van der Waals surface area contributed by atoms with Crippen molar-refractivity contribution < 1.29 is 9.53 Å². The molecule has 0 spiro atoms. The van der Waals surface area contributed by atoms with Crippen molar-refractivity contribution >= 4 is 5.97 Å². The number of nitrogens with two attached hydrogens (primary N) is 1. The van der Waals surface area contributed by atoms with E-state index in [2.05, 4.69) is 18.7 Å². The Morgan fingerprint density at radius 2 is 2.27 bits per heavy atom. The van der Waals surface area contributed by atoms with E-state index in [9.17, 15) is 4.79 Å². The molecule has 1 heterocycles. The largest absolute Gasteiger partial charge is 0.469 e. The summed E-state index contributed by atoms with van der Waals surface area (Å²) in [7, 11) is 1.43. The highest BCUT2D eigenvalue weighted by Gasteiger charge is 2.34. The zero-order valence-electron chi connectivity index (χ0n) is 9.90. The number of ether oxygens (including phenoxy) is 1. The lowest BCUT2D eigenvalue weighted by Gasteiger charge is -2.22. The molecule has 2 unspecified atom stereocenters. The monoisotopic (exact) mass is 214 g/mol. The zero-order chi connectivity index (χ0) is 11.4. The third-order valence-corrected chi connectivity index (χ3v) is 3.31. The molecule has 0 bridgehead atoms. The molecule has 88 valence electrons. The van der Waals surface area contributed by atoms with Crippen molar-refractivity contribution in [2.45, 2.75) is 26.3 Å². The van der Waals surface area contributed by atoms with E-state index in [1.165, 1.54) is 7.11 Å². The maximum atomic E-state index is 11.5. The number of nitrogens with zero attached hydrogens (tertiary/aromatic N) is 1. The van der Waals surface area contributed by atoms with E-state index in [4.69, 9.17) is 10.5 Å². The smallest absolute Gasteiger partial charge is 0.310 e. The molecule has 0 aromatic rings. The first-order valence-corrected chi connectivity index (χ1v) is 5.62. The standard InChI is InChI=1S/C11H22N2O2/c1-8(2)13-5-4-9(7-13)10(6-12)11(14)15-3/h8-10H,4-7,12H2,1-3H3. The third-order valence-electron chi connectivity index (χ3n) is 3.31. The predicted octanol–water partition coefficient (Wildman–Crippen LogP) is 0.465. The minimum atomic E-state index is -0.159. The maximum Gasteiger partial charge on any atom is 0.310 e. The lowest BCUT2D eigenvalue weighted by molar-refractivity contribution is -0.146. The van der Waals surface area contributed by atoms with Gasteiger partial charge in [0.2, 0.25) is 0 Å². The van der Waals surface area contributed by atoms with Gasteiger partial charge in [-0.25, -0.2) is 0 Å². The predicted molar refractivity (Wildman–Crippen MR) is 59.4 cm³/mol. The quantitative estimate of drug-likeness (QED) is 0.691. The summed E-state index contributed by atoms with van der Waals surface area (Å²) in [4.78, 5) is 13.9. The molecule has 0 saturated carbocycles. The van der Waals surface area contributed by atoms with Gasteiger partial charge in [-0.1, -0.05) is 0 Å². The van der Waals surface area contributed by atoms with Gasteiger partial charge in [-0.2, -0.15) is 0 Å². The Bertz CT molecular complexity index is 219. The van der Waals surface area contributed by atoms with E-state index < -0.39 is 0 Å². The van der Waals surface area contributed by atoms with Crippen LogP contribution in [0.2, 0.25) is 0 Å². The van der Waals surface area contributed by atoms with Crippen LogP contribution < -0.4 is 5.73 Å². The molecule has 0 aromatic carbocycles. The van der Waals surface area contributed by atoms with E-state index >= 15 is 0 Å². The van der Waals surface area contributed by atoms with Crippen LogP contribution in [0.15, 0.2) is 0 Å². The van der Waals surface area contributed by atoms with Crippen molar-refractivity contribution in [3.05, 3.63) is 0 Å². The van der Waals surface area contributed by atoms with E-state index in [0.717, 1.165) is 19.5 Å². The normalized spacial score (nSPS) is 24.5. The Morgan fingerprint density at radius 1 is 1.60 bits per heavy atom. The second kappa shape index (κ2) is 5.47. The minimum Gasteiger partial charge on any atom is -0.469 e. The van der Waals surface area contributed by atoms with Crippen LogP contribution in [0, 0.1) is 11.8 Å². The highest BCUT2D eigenvalue weighted by atomic mass is 16.5. The van der Waals surface area contributed by atoms with Crippen LogP contribution >= 0.6 is 0 Å². The summed E-state index contributed by atoms with van der Waals surface area (Å²) in [5, 5.41) is 0. The molecule has 1 saturated heterocycles. The van der Waals surface area contributed by atoms with E-state index in [-0.39, 0.29) is 11.9 Å². The SMILES string of the molecule is COC(=O)C(CN)C1CCN(C(C)C)C1. The zero-order valence-corrected chi connectivity index (χ0v) is 9.90. The second-order valence-corrected chi connectivity index (χ2v) is 4.50. The van der Waals surface area contributed by atoms with Gasteiger partial charge in [0, 0.05) is 19.1 Å². The van der Waals surface area contributed by atoms with Gasteiger partial charge in [0.25, 0.3) is 0 Å². The fourth-order valence-corrected chi connectivity index (χ4v) is 2.25. The van der Waals surface area contributed by atoms with Gasteiger partial charge < -0.3 is 15.4 Å². The van der Waals surface area contributed by atoms with Crippen molar-refractivity contribution in [3.63, 3.8) is 0 Å². The molecule has 0 aliphatic carbocycles. The highest BCUT2D eigenvalue weighted by Crippen LogP contribution is 2.25. The first kappa shape index (κ1) is 12.5. The van der Waals surface area contributed by atoms with Gasteiger partial charge in [-0.15, -0.1) is 0 Å². The molecule has 0 radical (unpaired) electrons. The minimum absolute atomic E-state index is 0.126. The Hall–Kier alpha value is -0.610. The van der Waals surface area contributed by atoms with Crippen LogP contribution in [0.25, 0.3) is 0 Å². The molecule has 1 aliphatic rings. The number of rotatable bonds is 4. The average molecular weight is 214 g/mol. The van der Waals surface area contributed by atoms with Gasteiger partial charge in [0.05, 0.1) is 13.0 Å². The van der Waals surface area contributed by atoms with E-state index in [1.807, 2.05) is 0 Å². The fourth-order valence-electron chi connectivity index (χ4n) is 2.25. The molecular weight excluding hydrogens is 192 g/mol. The number of esters is 1. The van der Waals surface area contributed by atoms with Crippen molar-refractivity contribution in [2.75, 3.05) is 26.7 Å². The lowest BCUT2D eigenvalue weighted by Crippen LogP contribution is -2.35. The van der Waals surface area contributed by atoms with Gasteiger partial charge in [0.15, 0.2) is 0 Å². The number of carbonyl (C=O) groups excluding carboxylic acids is 1. The van der Waals surface area contributed by atoms with Gasteiger partial charge in [-0.05, 0) is 32.7 Å². The van der Waals surface area contributed by atoms with Gasteiger partial charge in [-0.3, -0.25) is 4.79 Å². The average Bonchev–Trinajstić information content (AvgIpc) is 2.68. The highest BCUT2D eigenvalue weighted by molar-refractivity contribution is 5.73. The molecule has 0 amide bonds. The first-order valence-electron chi connectivity index (χ1n) is 5.62. The molecule has 1 fully saturated rings. The van der Waals surface area contributed by atoms with E-state index in [0.29, 0.717) is 18.5 Å². The van der Waals surface area contributed by atoms with Crippen LogP contribution in [0.5, 0.6) is 0 Å². The van der Waals surface area contributed by atoms with Crippen LogP contribution in [0.1, 0.15) is 20.3 Å². The first-order chi connectivity index (χ1) is 7.10. The Balaban J connectivity index is 2.54. The lowest BCUT2D eigenvalue weighted by atomic mass is 9.92. The number of hydrogen-bond acceptors (Lipinski definition) is 4. The molecule has 2 N–H and O–H groups in total. The number of hydrogen-bond donors (Lipinski definition) is 1.